The van der Waals surface area contributed by atoms with Crippen LogP contribution >= 0.6 is 11.8 Å². The topological polar surface area (TPSA) is 21.3 Å². The minimum Gasteiger partial charge on any atom is -0.373 e. The largest absolute Gasteiger partial charge is 0.373 e. The number of ether oxygens (including phenoxy) is 1. The number of hydrogen-bond acceptors (Lipinski definition) is 3. The first-order valence-electron chi connectivity index (χ1n) is 6.70. The number of nitrogens with one attached hydrogen (secondary N) is 1. The van der Waals surface area contributed by atoms with Crippen molar-refractivity contribution >= 4 is 11.8 Å². The van der Waals surface area contributed by atoms with Crippen molar-refractivity contribution in [1.29, 1.82) is 0 Å². The Labute approximate surface area is 114 Å². The van der Waals surface area contributed by atoms with Crippen LogP contribution in [0.15, 0.2) is 24.3 Å². The van der Waals surface area contributed by atoms with E-state index >= 15 is 0 Å². The highest BCUT2D eigenvalue weighted by Crippen LogP contribution is 2.31. The van der Waals surface area contributed by atoms with E-state index in [1.807, 2.05) is 11.8 Å². The van der Waals surface area contributed by atoms with Crippen molar-refractivity contribution in [1.82, 2.24) is 5.32 Å². The standard InChI is InChI=1S/C15H23NOS/c1-16-13(8-10-18-2)11-15-14-6-4-3-5-12(14)7-9-17-15/h3-6,13,15-16H,7-11H2,1-2H3. The van der Waals surface area contributed by atoms with Crippen molar-refractivity contribution in [2.45, 2.75) is 31.4 Å². The van der Waals surface area contributed by atoms with Gasteiger partial charge in [-0.25, -0.2) is 0 Å². The van der Waals surface area contributed by atoms with Crippen molar-refractivity contribution in [2.75, 3.05) is 25.7 Å². The van der Waals surface area contributed by atoms with Crippen molar-refractivity contribution in [2.24, 2.45) is 0 Å². The average Bonchev–Trinajstić information content (AvgIpc) is 2.43. The summed E-state index contributed by atoms with van der Waals surface area (Å²) in [6.45, 7) is 0.862. The summed E-state index contributed by atoms with van der Waals surface area (Å²) in [5, 5.41) is 3.42. The molecule has 1 aliphatic heterocycles. The summed E-state index contributed by atoms with van der Waals surface area (Å²) in [6, 6.07) is 9.26. The Kier molecular flexibility index (Phi) is 5.54. The summed E-state index contributed by atoms with van der Waals surface area (Å²) < 4.78 is 5.97. The first-order chi connectivity index (χ1) is 8.85. The van der Waals surface area contributed by atoms with E-state index in [1.54, 1.807) is 0 Å². The summed E-state index contributed by atoms with van der Waals surface area (Å²) in [7, 11) is 2.06. The quantitative estimate of drug-likeness (QED) is 0.854. The number of fused-ring (bicyclic) bond motifs is 1. The molecule has 3 heteroatoms. The van der Waals surface area contributed by atoms with Crippen LogP contribution in [0.3, 0.4) is 0 Å². The molecule has 0 aliphatic carbocycles. The number of hydrogen-bond donors (Lipinski definition) is 1. The zero-order valence-electron chi connectivity index (χ0n) is 11.3. The van der Waals surface area contributed by atoms with Crippen LogP contribution < -0.4 is 5.32 Å². The normalized spacial score (nSPS) is 20.4. The number of benzene rings is 1. The maximum absolute atomic E-state index is 5.97. The van der Waals surface area contributed by atoms with Gasteiger partial charge in [-0.05, 0) is 49.4 Å². The molecule has 0 spiro atoms. The Hall–Kier alpha value is -0.510. The van der Waals surface area contributed by atoms with Crippen LogP contribution in [0, 0.1) is 0 Å². The highest BCUT2D eigenvalue weighted by atomic mass is 32.2. The molecule has 1 aliphatic rings. The van der Waals surface area contributed by atoms with E-state index < -0.39 is 0 Å². The zero-order valence-corrected chi connectivity index (χ0v) is 12.1. The molecule has 2 nitrogen and oxygen atoms in total. The second kappa shape index (κ2) is 7.17. The number of rotatable bonds is 6. The van der Waals surface area contributed by atoms with Crippen LogP contribution in [0.4, 0.5) is 0 Å². The molecule has 1 heterocycles. The highest BCUT2D eigenvalue weighted by molar-refractivity contribution is 7.98. The lowest BCUT2D eigenvalue weighted by molar-refractivity contribution is 0.0298. The third kappa shape index (κ3) is 3.50. The Morgan fingerprint density at radius 3 is 3.06 bits per heavy atom. The molecule has 18 heavy (non-hydrogen) atoms. The van der Waals surface area contributed by atoms with Crippen molar-refractivity contribution in [3.63, 3.8) is 0 Å². The first kappa shape index (κ1) is 13.9. The van der Waals surface area contributed by atoms with Gasteiger partial charge in [0.1, 0.15) is 0 Å². The molecule has 0 aromatic heterocycles. The Bertz CT molecular complexity index is 369. The molecule has 0 fully saturated rings. The molecule has 1 aromatic carbocycles. The van der Waals surface area contributed by atoms with Gasteiger partial charge in [0.05, 0.1) is 12.7 Å². The molecule has 1 N–H and O–H groups in total. The van der Waals surface area contributed by atoms with E-state index in [2.05, 4.69) is 42.9 Å². The predicted molar refractivity (Wildman–Crippen MR) is 79.3 cm³/mol. The minimum atomic E-state index is 0.272. The summed E-state index contributed by atoms with van der Waals surface area (Å²) >= 11 is 1.91. The van der Waals surface area contributed by atoms with E-state index in [-0.39, 0.29) is 6.10 Å². The summed E-state index contributed by atoms with van der Waals surface area (Å²) in [5.74, 6) is 1.21. The van der Waals surface area contributed by atoms with Gasteiger partial charge in [0.25, 0.3) is 0 Å². The molecule has 100 valence electrons. The minimum absolute atomic E-state index is 0.272. The third-order valence-electron chi connectivity index (χ3n) is 3.67. The van der Waals surface area contributed by atoms with Crippen molar-refractivity contribution in [3.8, 4) is 0 Å². The summed E-state index contributed by atoms with van der Waals surface area (Å²) in [6.07, 6.45) is 5.78. The van der Waals surface area contributed by atoms with Gasteiger partial charge in [-0.1, -0.05) is 24.3 Å². The van der Waals surface area contributed by atoms with Gasteiger partial charge in [0.2, 0.25) is 0 Å². The maximum Gasteiger partial charge on any atom is 0.0842 e. The second-order valence-corrected chi connectivity index (χ2v) is 5.80. The molecule has 0 saturated carbocycles. The molecular formula is C15H23NOS. The van der Waals surface area contributed by atoms with Gasteiger partial charge < -0.3 is 10.1 Å². The lowest BCUT2D eigenvalue weighted by Gasteiger charge is -2.29. The smallest absolute Gasteiger partial charge is 0.0842 e. The highest BCUT2D eigenvalue weighted by Gasteiger charge is 2.23. The SMILES string of the molecule is CNC(CCSC)CC1OCCc2ccccc21. The monoisotopic (exact) mass is 265 g/mol. The van der Waals surface area contributed by atoms with E-state index in [0.717, 1.165) is 19.4 Å². The van der Waals surface area contributed by atoms with E-state index in [1.165, 1.54) is 23.3 Å². The van der Waals surface area contributed by atoms with Gasteiger partial charge in [-0.15, -0.1) is 0 Å². The Morgan fingerprint density at radius 1 is 1.44 bits per heavy atom. The van der Waals surface area contributed by atoms with E-state index in [0.29, 0.717) is 6.04 Å². The third-order valence-corrected chi connectivity index (χ3v) is 4.31. The van der Waals surface area contributed by atoms with Gasteiger partial charge in [0.15, 0.2) is 0 Å². The fourth-order valence-corrected chi connectivity index (χ4v) is 3.09. The fourth-order valence-electron chi connectivity index (χ4n) is 2.57. The summed E-state index contributed by atoms with van der Waals surface area (Å²) in [5.41, 5.74) is 2.86. The fraction of sp³-hybridized carbons (Fsp3) is 0.600. The molecular weight excluding hydrogens is 242 g/mol. The summed E-state index contributed by atoms with van der Waals surface area (Å²) in [4.78, 5) is 0. The molecule has 0 saturated heterocycles. The first-order valence-corrected chi connectivity index (χ1v) is 8.10. The van der Waals surface area contributed by atoms with E-state index in [9.17, 15) is 0 Å². The van der Waals surface area contributed by atoms with Crippen LogP contribution in [0.1, 0.15) is 30.1 Å². The molecule has 0 radical (unpaired) electrons. The van der Waals surface area contributed by atoms with Crippen molar-refractivity contribution in [3.05, 3.63) is 35.4 Å². The second-order valence-electron chi connectivity index (χ2n) is 4.81. The van der Waals surface area contributed by atoms with Gasteiger partial charge >= 0.3 is 0 Å². The van der Waals surface area contributed by atoms with Crippen LogP contribution in [0.5, 0.6) is 0 Å². The Balaban J connectivity index is 2.01. The van der Waals surface area contributed by atoms with Crippen LogP contribution in [-0.2, 0) is 11.2 Å². The van der Waals surface area contributed by atoms with Crippen LogP contribution in [0.25, 0.3) is 0 Å². The molecule has 2 rings (SSSR count). The van der Waals surface area contributed by atoms with Gasteiger partial charge in [-0.2, -0.15) is 11.8 Å². The molecule has 2 unspecified atom stereocenters. The van der Waals surface area contributed by atoms with E-state index in [4.69, 9.17) is 4.74 Å². The van der Waals surface area contributed by atoms with Crippen molar-refractivity contribution < 1.29 is 4.74 Å². The Morgan fingerprint density at radius 2 is 2.28 bits per heavy atom. The molecule has 1 aromatic rings. The molecule has 0 amide bonds. The maximum atomic E-state index is 5.97. The lowest BCUT2D eigenvalue weighted by atomic mass is 9.93. The molecule has 2 atom stereocenters. The average molecular weight is 265 g/mol. The van der Waals surface area contributed by atoms with Crippen LogP contribution in [-0.4, -0.2) is 31.7 Å². The van der Waals surface area contributed by atoms with Gasteiger partial charge in [-0.3, -0.25) is 0 Å². The van der Waals surface area contributed by atoms with Crippen LogP contribution in [0.2, 0.25) is 0 Å². The van der Waals surface area contributed by atoms with Gasteiger partial charge in [0, 0.05) is 6.04 Å². The number of thioether (sulfide) groups is 1. The predicted octanol–water partition coefficient (Wildman–Crippen LogP) is 3.03. The zero-order chi connectivity index (χ0) is 12.8. The lowest BCUT2D eigenvalue weighted by Crippen LogP contribution is -2.30. The molecule has 0 bridgehead atoms.